The number of aromatic nitrogens is 5. The molecule has 0 bridgehead atoms. The van der Waals surface area contributed by atoms with Gasteiger partial charge in [-0.25, -0.2) is 9.97 Å². The number of hydrogen-bond acceptors (Lipinski definition) is 5. The molecule has 3 aromatic heterocycles. The number of para-hydroxylation sites is 1. The highest BCUT2D eigenvalue weighted by atomic mass is 15.4. The molecule has 0 aliphatic carbocycles. The van der Waals surface area contributed by atoms with Crippen molar-refractivity contribution in [3.63, 3.8) is 0 Å². The molecule has 7 heteroatoms. The normalized spacial score (nSPS) is 17.7. The minimum atomic E-state index is 0.421. The van der Waals surface area contributed by atoms with E-state index in [0.29, 0.717) is 5.92 Å². The van der Waals surface area contributed by atoms with E-state index in [4.69, 9.17) is 9.97 Å². The summed E-state index contributed by atoms with van der Waals surface area (Å²) in [6.45, 7) is 6.02. The first-order valence-corrected chi connectivity index (χ1v) is 10.0. The zero-order chi connectivity index (χ0) is 18.7. The lowest BCUT2D eigenvalue weighted by Gasteiger charge is -2.41. The largest absolute Gasteiger partial charge is 0.355 e. The molecule has 142 valence electrons. The van der Waals surface area contributed by atoms with Crippen LogP contribution in [0.1, 0.15) is 28.6 Å². The molecule has 28 heavy (non-hydrogen) atoms. The molecule has 2 N–H and O–H groups in total. The molecule has 1 aromatic carbocycles. The average molecular weight is 373 g/mol. The quantitative estimate of drug-likeness (QED) is 0.564. The lowest BCUT2D eigenvalue weighted by atomic mass is 9.97. The number of rotatable bonds is 2. The Morgan fingerprint density at radius 1 is 1.07 bits per heavy atom. The Morgan fingerprint density at radius 3 is 2.86 bits per heavy atom. The summed E-state index contributed by atoms with van der Waals surface area (Å²) in [5, 5.41) is 8.07. The maximum absolute atomic E-state index is 4.89. The number of imidazole rings is 1. The summed E-state index contributed by atoms with van der Waals surface area (Å²) in [6, 6.07) is 8.32. The molecule has 0 amide bonds. The molecule has 6 rings (SSSR count). The number of H-pyrrole nitrogens is 1. The maximum Gasteiger partial charge on any atom is 0.157 e. The third kappa shape index (κ3) is 2.36. The van der Waals surface area contributed by atoms with Crippen molar-refractivity contribution >= 4 is 22.5 Å². The van der Waals surface area contributed by atoms with E-state index in [1.54, 1.807) is 0 Å². The lowest BCUT2D eigenvalue weighted by Crippen LogP contribution is -2.47. The van der Waals surface area contributed by atoms with Crippen LogP contribution in [0.2, 0.25) is 0 Å². The molecule has 1 saturated heterocycles. The third-order valence-electron chi connectivity index (χ3n) is 6.08. The molecule has 2 aliphatic heterocycles. The summed E-state index contributed by atoms with van der Waals surface area (Å²) in [7, 11) is 0. The van der Waals surface area contributed by atoms with Gasteiger partial charge < -0.3 is 15.2 Å². The van der Waals surface area contributed by atoms with Crippen LogP contribution >= 0.6 is 0 Å². The van der Waals surface area contributed by atoms with Crippen LogP contribution in [0.4, 0.5) is 5.82 Å². The molecule has 2 aliphatic rings. The summed E-state index contributed by atoms with van der Waals surface area (Å²) in [4.78, 5) is 15.7. The lowest BCUT2D eigenvalue weighted by molar-refractivity contribution is 0.494. The summed E-state index contributed by atoms with van der Waals surface area (Å²) >= 11 is 0. The first-order valence-electron chi connectivity index (χ1n) is 10.0. The van der Waals surface area contributed by atoms with Gasteiger partial charge in [-0.15, -0.1) is 0 Å². The van der Waals surface area contributed by atoms with Crippen molar-refractivity contribution in [1.29, 1.82) is 0 Å². The van der Waals surface area contributed by atoms with Gasteiger partial charge in [0.15, 0.2) is 5.65 Å². The number of nitrogens with zero attached hydrogens (tertiary/aromatic N) is 5. The van der Waals surface area contributed by atoms with Crippen LogP contribution in [0.15, 0.2) is 30.5 Å². The van der Waals surface area contributed by atoms with Crippen molar-refractivity contribution in [1.82, 2.24) is 29.9 Å². The number of aromatic amines is 1. The summed E-state index contributed by atoms with van der Waals surface area (Å²) in [5.74, 6) is 2.74. The Labute approximate surface area is 162 Å². The van der Waals surface area contributed by atoms with Gasteiger partial charge in [-0.05, 0) is 31.5 Å². The predicted octanol–water partition coefficient (Wildman–Crippen LogP) is 2.21. The number of hydrogen-bond donors (Lipinski definition) is 2. The van der Waals surface area contributed by atoms with Crippen molar-refractivity contribution < 1.29 is 0 Å². The Kier molecular flexibility index (Phi) is 3.46. The third-order valence-corrected chi connectivity index (χ3v) is 6.08. The van der Waals surface area contributed by atoms with Gasteiger partial charge in [-0.1, -0.05) is 12.1 Å². The van der Waals surface area contributed by atoms with E-state index in [1.165, 1.54) is 22.6 Å². The Hall–Kier alpha value is -2.93. The van der Waals surface area contributed by atoms with Gasteiger partial charge in [0, 0.05) is 37.7 Å². The Morgan fingerprint density at radius 2 is 1.96 bits per heavy atom. The first-order chi connectivity index (χ1) is 13.8. The van der Waals surface area contributed by atoms with E-state index in [2.05, 4.69) is 45.4 Å². The molecule has 0 unspecified atom stereocenters. The molecule has 0 spiro atoms. The van der Waals surface area contributed by atoms with Gasteiger partial charge in [0.1, 0.15) is 11.6 Å². The van der Waals surface area contributed by atoms with Crippen molar-refractivity contribution in [2.45, 2.75) is 25.7 Å². The minimum Gasteiger partial charge on any atom is -0.355 e. The van der Waals surface area contributed by atoms with E-state index < -0.39 is 0 Å². The topological polar surface area (TPSA) is 74.1 Å². The predicted molar refractivity (Wildman–Crippen MR) is 109 cm³/mol. The first kappa shape index (κ1) is 16.1. The fourth-order valence-electron chi connectivity index (χ4n) is 4.55. The van der Waals surface area contributed by atoms with Crippen molar-refractivity contribution in [3.8, 4) is 0 Å². The number of fused-ring (bicyclic) bond motifs is 3. The van der Waals surface area contributed by atoms with Crippen LogP contribution < -0.4 is 10.2 Å². The van der Waals surface area contributed by atoms with E-state index >= 15 is 0 Å². The molecule has 0 radical (unpaired) electrons. The fraction of sp³-hybridized carbons (Fsp3) is 0.381. The molecule has 1 fully saturated rings. The maximum atomic E-state index is 4.89. The molecule has 5 heterocycles. The van der Waals surface area contributed by atoms with Gasteiger partial charge in [0.2, 0.25) is 0 Å². The second kappa shape index (κ2) is 6.04. The van der Waals surface area contributed by atoms with Gasteiger partial charge >= 0.3 is 0 Å². The fourth-order valence-corrected chi connectivity index (χ4v) is 4.55. The zero-order valence-electron chi connectivity index (χ0n) is 15.9. The average Bonchev–Trinajstić information content (AvgIpc) is 3.22. The molecule has 7 nitrogen and oxygen atoms in total. The number of benzene rings is 1. The van der Waals surface area contributed by atoms with Crippen LogP contribution in [0.5, 0.6) is 0 Å². The summed E-state index contributed by atoms with van der Waals surface area (Å²) in [5.41, 5.74) is 6.96. The molecule has 0 atom stereocenters. The second-order valence-corrected chi connectivity index (χ2v) is 7.91. The Bertz CT molecular complexity index is 1180. The van der Waals surface area contributed by atoms with Gasteiger partial charge in [0.05, 0.1) is 28.8 Å². The highest BCUT2D eigenvalue weighted by Crippen LogP contribution is 2.35. The van der Waals surface area contributed by atoms with Crippen LogP contribution in [-0.2, 0) is 12.8 Å². The summed E-state index contributed by atoms with van der Waals surface area (Å²) in [6.07, 6.45) is 3.82. The molecule has 4 aromatic rings. The van der Waals surface area contributed by atoms with E-state index in [-0.39, 0.29) is 0 Å². The van der Waals surface area contributed by atoms with Crippen LogP contribution in [-0.4, -0.2) is 50.7 Å². The smallest absolute Gasteiger partial charge is 0.157 e. The molecule has 0 saturated carbocycles. The molecular weight excluding hydrogens is 350 g/mol. The van der Waals surface area contributed by atoms with Crippen LogP contribution in [0.3, 0.4) is 0 Å². The second-order valence-electron chi connectivity index (χ2n) is 7.91. The SMILES string of the molecule is Cc1cccc2[nH]c(C3CN(c4c5c(nc6ccnn46)CCNCC5)C3)nc12. The van der Waals surface area contributed by atoms with Gasteiger partial charge in [-0.3, -0.25) is 0 Å². The zero-order valence-corrected chi connectivity index (χ0v) is 15.9. The monoisotopic (exact) mass is 373 g/mol. The van der Waals surface area contributed by atoms with Crippen LogP contribution in [0, 0.1) is 6.92 Å². The standard InChI is InChI=1S/C21H23N7/c1-13-3-2-4-17-19(13)26-20(25-17)14-11-27(12-14)21-15-5-8-22-9-6-16(15)24-18-7-10-23-28(18)21/h2-4,7,10,14,22H,5-6,8-9,11-12H2,1H3,(H,25,26). The van der Waals surface area contributed by atoms with Gasteiger partial charge in [0.25, 0.3) is 0 Å². The minimum absolute atomic E-state index is 0.421. The number of nitrogens with one attached hydrogen (secondary N) is 2. The highest BCUT2D eigenvalue weighted by Gasteiger charge is 2.34. The Balaban J connectivity index is 1.36. The number of aryl methyl sites for hydroxylation is 1. The van der Waals surface area contributed by atoms with E-state index in [1.807, 2.05) is 16.8 Å². The van der Waals surface area contributed by atoms with Crippen LogP contribution in [0.25, 0.3) is 16.7 Å². The van der Waals surface area contributed by atoms with Gasteiger partial charge in [-0.2, -0.15) is 9.61 Å². The summed E-state index contributed by atoms with van der Waals surface area (Å²) < 4.78 is 2.02. The number of anilines is 1. The van der Waals surface area contributed by atoms with Crippen molar-refractivity contribution in [3.05, 3.63) is 53.1 Å². The molecular formula is C21H23N7. The van der Waals surface area contributed by atoms with Crippen molar-refractivity contribution in [2.24, 2.45) is 0 Å². The highest BCUT2D eigenvalue weighted by molar-refractivity contribution is 5.78. The van der Waals surface area contributed by atoms with E-state index in [0.717, 1.165) is 61.5 Å². The van der Waals surface area contributed by atoms with Crippen molar-refractivity contribution in [2.75, 3.05) is 31.1 Å². The van der Waals surface area contributed by atoms with E-state index in [9.17, 15) is 0 Å².